The van der Waals surface area contributed by atoms with E-state index in [-0.39, 0.29) is 12.3 Å². The first-order valence-corrected chi connectivity index (χ1v) is 17.9. The third-order valence-electron chi connectivity index (χ3n) is 8.33. The lowest BCUT2D eigenvalue weighted by molar-refractivity contribution is -0.147. The number of aliphatic hydroxyl groups is 2. The Labute approximate surface area is 317 Å². The van der Waals surface area contributed by atoms with Crippen molar-refractivity contribution < 1.29 is 53.2 Å². The minimum absolute atomic E-state index is 0.126. The Morgan fingerprint density at radius 2 is 1.31 bits per heavy atom. The first-order chi connectivity index (χ1) is 25.0. The molecule has 54 heavy (non-hydrogen) atoms. The van der Waals surface area contributed by atoms with Crippen LogP contribution in [0.1, 0.15) is 74.3 Å². The van der Waals surface area contributed by atoms with Gasteiger partial charge in [0.15, 0.2) is 0 Å². The van der Waals surface area contributed by atoms with Crippen molar-refractivity contribution in [2.45, 2.75) is 123 Å². The summed E-state index contributed by atoms with van der Waals surface area (Å²) in [6, 6.07) is 2.19. The van der Waals surface area contributed by atoms with Crippen molar-refractivity contribution in [3.8, 4) is 0 Å². The fourth-order valence-electron chi connectivity index (χ4n) is 5.24. The SMILES string of the molecule is COC(=O)[C@@H](NC(=O)[C@@H](NC(=O)C[C@H](O)[C@H](Cc1ccccc1)N(C)C(=O)[C@H](C)NC(=O)[C@H](C)NC(=O)[C@H](CO)NC(=O)OC(C)(C)C)C(C)C)C(C)C. The van der Waals surface area contributed by atoms with Crippen LogP contribution in [0.15, 0.2) is 30.3 Å². The second kappa shape index (κ2) is 21.8. The topological polar surface area (TPSA) is 242 Å². The highest BCUT2D eigenvalue weighted by atomic mass is 16.6. The van der Waals surface area contributed by atoms with E-state index in [9.17, 15) is 43.8 Å². The second-order valence-electron chi connectivity index (χ2n) is 14.9. The maximum atomic E-state index is 13.7. The van der Waals surface area contributed by atoms with Crippen LogP contribution in [0.4, 0.5) is 4.79 Å². The highest BCUT2D eigenvalue weighted by Crippen LogP contribution is 2.16. The Kier molecular flexibility index (Phi) is 19.1. The molecule has 7 atom stereocenters. The molecule has 0 saturated carbocycles. The first kappa shape index (κ1) is 47.3. The van der Waals surface area contributed by atoms with Gasteiger partial charge in [-0.05, 0) is 58.4 Å². The Bertz CT molecular complexity index is 1430. The number of hydrogen-bond acceptors (Lipinski definition) is 11. The number of benzene rings is 1. The van der Waals surface area contributed by atoms with Crippen molar-refractivity contribution in [2.75, 3.05) is 20.8 Å². The number of carbonyl (C=O) groups excluding carboxylic acids is 7. The number of carbonyl (C=O) groups is 7. The Balaban J connectivity index is 3.08. The van der Waals surface area contributed by atoms with Gasteiger partial charge < -0.3 is 51.2 Å². The van der Waals surface area contributed by atoms with E-state index in [0.717, 1.165) is 5.56 Å². The molecule has 0 aliphatic rings. The zero-order valence-corrected chi connectivity index (χ0v) is 33.2. The van der Waals surface area contributed by atoms with Gasteiger partial charge in [0, 0.05) is 7.05 Å². The maximum absolute atomic E-state index is 13.7. The van der Waals surface area contributed by atoms with Gasteiger partial charge in [0.05, 0.1) is 32.3 Å². The van der Waals surface area contributed by atoms with Gasteiger partial charge in [-0.15, -0.1) is 0 Å². The highest BCUT2D eigenvalue weighted by molar-refractivity contribution is 5.94. The summed E-state index contributed by atoms with van der Waals surface area (Å²) < 4.78 is 9.90. The molecule has 0 radical (unpaired) electrons. The average Bonchev–Trinajstić information content (AvgIpc) is 3.08. The lowest BCUT2D eigenvalue weighted by Gasteiger charge is -2.34. The number of hydrogen-bond donors (Lipinski definition) is 7. The zero-order valence-electron chi connectivity index (χ0n) is 33.2. The molecular weight excluding hydrogens is 704 g/mol. The van der Waals surface area contributed by atoms with Gasteiger partial charge in [-0.3, -0.25) is 24.0 Å². The van der Waals surface area contributed by atoms with Gasteiger partial charge in [-0.1, -0.05) is 58.0 Å². The van der Waals surface area contributed by atoms with Crippen LogP contribution >= 0.6 is 0 Å². The van der Waals surface area contributed by atoms with Crippen molar-refractivity contribution in [2.24, 2.45) is 11.8 Å². The predicted molar refractivity (Wildman–Crippen MR) is 198 cm³/mol. The molecule has 0 fully saturated rings. The molecule has 0 saturated heterocycles. The molecule has 1 aromatic rings. The van der Waals surface area contributed by atoms with Gasteiger partial charge in [0.1, 0.15) is 35.8 Å². The standard InChI is InChI=1S/C37H60N6O11/c1-20(2)29(33(49)42-30(21(3)4)35(51)53-11)41-28(46)18-27(45)26(17-24-15-13-12-14-16-24)43(10)34(50)23(6)39-31(47)22(5)38-32(48)25(19-44)40-36(52)54-37(7,8)9/h12-16,20-23,25-27,29-30,44-45H,17-19H2,1-11H3,(H,38,48)(H,39,47)(H,40,52)(H,41,46)(H,42,49)/t22-,23-,25-,26-,27-,29-,30-/m0/s1. The lowest BCUT2D eigenvalue weighted by atomic mass is 9.96. The molecule has 0 bridgehead atoms. The predicted octanol–water partition coefficient (Wildman–Crippen LogP) is 0.157. The summed E-state index contributed by atoms with van der Waals surface area (Å²) in [5.74, 6) is -4.85. The van der Waals surface area contributed by atoms with Gasteiger partial charge >= 0.3 is 12.1 Å². The lowest BCUT2D eigenvalue weighted by Crippen LogP contribution is -2.58. The summed E-state index contributed by atoms with van der Waals surface area (Å²) in [5.41, 5.74) is -0.109. The average molecular weight is 765 g/mol. The molecule has 1 aromatic carbocycles. The molecule has 0 heterocycles. The largest absolute Gasteiger partial charge is 0.467 e. The molecule has 304 valence electrons. The first-order valence-electron chi connectivity index (χ1n) is 17.9. The summed E-state index contributed by atoms with van der Waals surface area (Å²) in [6.45, 7) is 13.7. The van der Waals surface area contributed by atoms with Gasteiger partial charge in [-0.2, -0.15) is 0 Å². The number of amides is 6. The van der Waals surface area contributed by atoms with E-state index in [0.29, 0.717) is 0 Å². The summed E-state index contributed by atoms with van der Waals surface area (Å²) in [5, 5.41) is 33.5. The van der Waals surface area contributed by atoms with Gasteiger partial charge in [-0.25, -0.2) is 9.59 Å². The van der Waals surface area contributed by atoms with Gasteiger partial charge in [0.2, 0.25) is 29.5 Å². The van der Waals surface area contributed by atoms with Crippen LogP contribution in [0.5, 0.6) is 0 Å². The molecule has 17 heteroatoms. The molecule has 0 aliphatic carbocycles. The number of esters is 1. The minimum Gasteiger partial charge on any atom is -0.467 e. The molecule has 6 amide bonds. The quantitative estimate of drug-likeness (QED) is 0.0936. The smallest absolute Gasteiger partial charge is 0.408 e. The third kappa shape index (κ3) is 15.7. The second-order valence-corrected chi connectivity index (χ2v) is 14.9. The number of nitrogens with one attached hydrogen (secondary N) is 5. The number of alkyl carbamates (subject to hydrolysis) is 1. The summed E-state index contributed by atoms with van der Waals surface area (Å²) in [7, 11) is 2.63. The summed E-state index contributed by atoms with van der Waals surface area (Å²) in [4.78, 5) is 91.4. The van der Waals surface area contributed by atoms with Crippen molar-refractivity contribution >= 4 is 41.6 Å². The third-order valence-corrected chi connectivity index (χ3v) is 8.33. The molecule has 7 N–H and O–H groups in total. The van der Waals surface area contributed by atoms with E-state index < -0.39 is 109 Å². The Morgan fingerprint density at radius 1 is 0.759 bits per heavy atom. The molecule has 0 spiro atoms. The van der Waals surface area contributed by atoms with E-state index >= 15 is 0 Å². The van der Waals surface area contributed by atoms with E-state index in [4.69, 9.17) is 9.47 Å². The van der Waals surface area contributed by atoms with Crippen LogP contribution in [-0.4, -0.2) is 125 Å². The number of methoxy groups -OCH3 is 1. The van der Waals surface area contributed by atoms with Crippen molar-refractivity contribution in [3.05, 3.63) is 35.9 Å². The fourth-order valence-corrected chi connectivity index (χ4v) is 5.24. The molecule has 1 rings (SSSR count). The molecular formula is C37H60N6O11. The Morgan fingerprint density at radius 3 is 1.81 bits per heavy atom. The number of nitrogens with zero attached hydrogens (tertiary/aromatic N) is 1. The monoisotopic (exact) mass is 764 g/mol. The van der Waals surface area contributed by atoms with Gasteiger partial charge in [0.25, 0.3) is 0 Å². The van der Waals surface area contributed by atoms with Crippen LogP contribution < -0.4 is 26.6 Å². The zero-order chi connectivity index (χ0) is 41.5. The fraction of sp³-hybridized carbons (Fsp3) is 0.649. The summed E-state index contributed by atoms with van der Waals surface area (Å²) >= 11 is 0. The molecule has 0 aliphatic heterocycles. The molecule has 0 aromatic heterocycles. The number of aliphatic hydroxyl groups excluding tert-OH is 2. The normalized spacial score (nSPS) is 15.3. The van der Waals surface area contributed by atoms with E-state index in [2.05, 4.69) is 26.6 Å². The number of ether oxygens (including phenoxy) is 2. The Hall–Kier alpha value is -4.77. The van der Waals surface area contributed by atoms with Crippen LogP contribution in [0.3, 0.4) is 0 Å². The van der Waals surface area contributed by atoms with Crippen LogP contribution in [0, 0.1) is 11.8 Å². The van der Waals surface area contributed by atoms with Crippen LogP contribution in [0.2, 0.25) is 0 Å². The minimum atomic E-state index is -1.43. The summed E-state index contributed by atoms with van der Waals surface area (Å²) in [6.07, 6.45) is -2.74. The number of likely N-dealkylation sites (N-methyl/N-ethyl adjacent to an activating group) is 1. The van der Waals surface area contributed by atoms with E-state index in [1.54, 1.807) is 78.8 Å². The maximum Gasteiger partial charge on any atom is 0.408 e. The molecule has 17 nitrogen and oxygen atoms in total. The van der Waals surface area contributed by atoms with E-state index in [1.165, 1.54) is 32.9 Å². The van der Waals surface area contributed by atoms with Crippen molar-refractivity contribution in [3.63, 3.8) is 0 Å². The van der Waals surface area contributed by atoms with Crippen LogP contribution in [0.25, 0.3) is 0 Å². The van der Waals surface area contributed by atoms with E-state index in [1.807, 2.05) is 0 Å². The number of rotatable bonds is 19. The van der Waals surface area contributed by atoms with Crippen LogP contribution in [-0.2, 0) is 44.7 Å². The van der Waals surface area contributed by atoms with Crippen molar-refractivity contribution in [1.29, 1.82) is 0 Å². The highest BCUT2D eigenvalue weighted by Gasteiger charge is 2.35. The molecule has 0 unspecified atom stereocenters. The van der Waals surface area contributed by atoms with Crippen molar-refractivity contribution in [1.82, 2.24) is 31.5 Å².